The Hall–Kier alpha value is 0.644. The minimum atomic E-state index is -1.78. The third kappa shape index (κ3) is 5.80. The van der Waals surface area contributed by atoms with E-state index < -0.39 is 16.6 Å². The summed E-state index contributed by atoms with van der Waals surface area (Å²) in [5, 5.41) is 0.426. The lowest BCUT2D eigenvalue weighted by atomic mass is 10.2. The van der Waals surface area contributed by atoms with Gasteiger partial charge in [0.1, 0.15) is 0 Å². The fraction of sp³-hybridized carbons (Fsp3) is 1.00. The molecule has 0 aliphatic carbocycles. The minimum Gasteiger partial charge on any atom is -0.414 e. The third-order valence-corrected chi connectivity index (χ3v) is 14.3. The summed E-state index contributed by atoms with van der Waals surface area (Å²) >= 11 is 6.10. The van der Waals surface area contributed by atoms with Crippen LogP contribution >= 0.6 is 11.6 Å². The van der Waals surface area contributed by atoms with Crippen LogP contribution in [0.5, 0.6) is 0 Å². The van der Waals surface area contributed by atoms with Crippen LogP contribution in [0.3, 0.4) is 0 Å². The highest BCUT2D eigenvalue weighted by Crippen LogP contribution is 2.39. The Bertz CT molecular complexity index is 304. The summed E-state index contributed by atoms with van der Waals surface area (Å²) in [7, 11) is -3.51. The molecular formula is C15H35ClO2Si2. The molecule has 0 aromatic heterocycles. The van der Waals surface area contributed by atoms with Gasteiger partial charge in [0.15, 0.2) is 16.6 Å². The Kier molecular flexibility index (Phi) is 7.04. The van der Waals surface area contributed by atoms with E-state index in [9.17, 15) is 0 Å². The Balaban J connectivity index is 4.68. The van der Waals surface area contributed by atoms with E-state index in [0.29, 0.717) is 12.5 Å². The van der Waals surface area contributed by atoms with Crippen molar-refractivity contribution in [3.05, 3.63) is 0 Å². The second-order valence-electron chi connectivity index (χ2n) is 8.73. The lowest BCUT2D eigenvalue weighted by Gasteiger charge is -2.41. The summed E-state index contributed by atoms with van der Waals surface area (Å²) < 4.78 is 12.6. The summed E-state index contributed by atoms with van der Waals surface area (Å²) in [6.07, 6.45) is 0.00619. The van der Waals surface area contributed by atoms with Gasteiger partial charge >= 0.3 is 0 Å². The predicted molar refractivity (Wildman–Crippen MR) is 95.9 cm³/mol. The summed E-state index contributed by atoms with van der Waals surface area (Å²) in [5.41, 5.74) is 0. The molecule has 0 N–H and O–H groups in total. The van der Waals surface area contributed by atoms with Gasteiger partial charge in [-0.05, 0) is 36.3 Å². The molecule has 0 fully saturated rings. The normalized spacial score (nSPS) is 16.4. The first-order chi connectivity index (χ1) is 8.64. The highest BCUT2D eigenvalue weighted by molar-refractivity contribution is 6.74. The van der Waals surface area contributed by atoms with Crippen LogP contribution < -0.4 is 0 Å². The molecule has 2 nitrogen and oxygen atoms in total. The molecule has 0 rings (SSSR count). The fourth-order valence-electron chi connectivity index (χ4n) is 1.22. The molecule has 0 aliphatic heterocycles. The van der Waals surface area contributed by atoms with Crippen molar-refractivity contribution in [1.29, 1.82) is 0 Å². The second-order valence-corrected chi connectivity index (χ2v) is 18.6. The van der Waals surface area contributed by atoms with Crippen LogP contribution in [-0.2, 0) is 8.85 Å². The molecule has 0 unspecified atom stereocenters. The summed E-state index contributed by atoms with van der Waals surface area (Å²) in [5.74, 6) is 0.501. The molecular weight excluding hydrogens is 304 g/mol. The quantitative estimate of drug-likeness (QED) is 0.461. The number of alkyl halides is 1. The lowest BCUT2D eigenvalue weighted by molar-refractivity contribution is 0.123. The number of hydrogen-bond acceptors (Lipinski definition) is 2. The van der Waals surface area contributed by atoms with Gasteiger partial charge in [0.2, 0.25) is 0 Å². The van der Waals surface area contributed by atoms with E-state index in [0.717, 1.165) is 0 Å². The largest absolute Gasteiger partial charge is 0.414 e. The van der Waals surface area contributed by atoms with E-state index in [2.05, 4.69) is 67.7 Å². The van der Waals surface area contributed by atoms with Crippen molar-refractivity contribution >= 4 is 28.2 Å². The molecule has 0 spiro atoms. The van der Waals surface area contributed by atoms with Gasteiger partial charge in [0, 0.05) is 5.88 Å². The number of hydrogen-bond donors (Lipinski definition) is 0. The van der Waals surface area contributed by atoms with Gasteiger partial charge in [-0.15, -0.1) is 11.6 Å². The van der Waals surface area contributed by atoms with Crippen LogP contribution in [-0.4, -0.2) is 35.2 Å². The molecule has 0 bridgehead atoms. The highest BCUT2D eigenvalue weighted by Gasteiger charge is 2.41. The zero-order valence-corrected chi connectivity index (χ0v) is 17.9. The summed E-state index contributed by atoms with van der Waals surface area (Å²) in [6, 6.07) is 0. The molecule has 0 amide bonds. The summed E-state index contributed by atoms with van der Waals surface area (Å²) in [6.45, 7) is 23.2. The summed E-state index contributed by atoms with van der Waals surface area (Å²) in [4.78, 5) is 0. The maximum atomic E-state index is 6.36. The monoisotopic (exact) mass is 338 g/mol. The van der Waals surface area contributed by atoms with Gasteiger partial charge in [-0.2, -0.15) is 0 Å². The van der Waals surface area contributed by atoms with Crippen molar-refractivity contribution in [2.75, 3.05) is 12.5 Å². The van der Waals surface area contributed by atoms with Crippen molar-refractivity contribution in [1.82, 2.24) is 0 Å². The maximum Gasteiger partial charge on any atom is 0.192 e. The van der Waals surface area contributed by atoms with Crippen LogP contribution in [0.1, 0.15) is 41.5 Å². The van der Waals surface area contributed by atoms with Gasteiger partial charge in [-0.3, -0.25) is 0 Å². The molecule has 0 aromatic carbocycles. The van der Waals surface area contributed by atoms with Gasteiger partial charge in [-0.1, -0.05) is 41.5 Å². The fourth-order valence-corrected chi connectivity index (χ4v) is 3.85. The van der Waals surface area contributed by atoms with Crippen LogP contribution in [0.2, 0.25) is 36.3 Å². The Morgan fingerprint density at radius 2 is 1.25 bits per heavy atom. The van der Waals surface area contributed by atoms with Gasteiger partial charge in [0.05, 0.1) is 12.7 Å². The third-order valence-electron chi connectivity index (χ3n) is 4.88. The standard InChI is InChI=1S/C15H35ClO2Si2/c1-14(2,3)19(7,8)17-12-13(11-16)18-20(9,10)15(4,5)6/h13H,11-12H2,1-10H3/t13-/m0/s1. The van der Waals surface area contributed by atoms with E-state index in [1.807, 2.05) is 0 Å². The first kappa shape index (κ1) is 20.6. The smallest absolute Gasteiger partial charge is 0.192 e. The minimum absolute atomic E-state index is 0.00619. The molecule has 0 saturated carbocycles. The molecule has 0 aromatic rings. The molecule has 0 aliphatic rings. The van der Waals surface area contributed by atoms with Gasteiger partial charge in [-0.25, -0.2) is 0 Å². The van der Waals surface area contributed by atoms with E-state index in [-0.39, 0.29) is 16.2 Å². The van der Waals surface area contributed by atoms with Crippen LogP contribution in [0.15, 0.2) is 0 Å². The van der Waals surface area contributed by atoms with Crippen molar-refractivity contribution in [2.45, 2.75) is 83.9 Å². The molecule has 0 heterocycles. The Morgan fingerprint density at radius 3 is 1.55 bits per heavy atom. The highest BCUT2D eigenvalue weighted by atomic mass is 35.5. The van der Waals surface area contributed by atoms with E-state index in [4.69, 9.17) is 20.5 Å². The molecule has 1 atom stereocenters. The molecule has 20 heavy (non-hydrogen) atoms. The van der Waals surface area contributed by atoms with Crippen LogP contribution in [0, 0.1) is 0 Å². The molecule has 5 heteroatoms. The van der Waals surface area contributed by atoms with Crippen LogP contribution in [0.25, 0.3) is 0 Å². The first-order valence-corrected chi connectivity index (χ1v) is 13.9. The van der Waals surface area contributed by atoms with E-state index in [1.165, 1.54) is 0 Å². The van der Waals surface area contributed by atoms with E-state index in [1.54, 1.807) is 0 Å². The van der Waals surface area contributed by atoms with Crippen LogP contribution in [0.4, 0.5) is 0 Å². The van der Waals surface area contributed by atoms with Crippen molar-refractivity contribution in [2.24, 2.45) is 0 Å². The lowest BCUT2D eigenvalue weighted by Crippen LogP contribution is -2.48. The average molecular weight is 339 g/mol. The topological polar surface area (TPSA) is 18.5 Å². The average Bonchev–Trinajstić information content (AvgIpc) is 2.20. The molecule has 122 valence electrons. The maximum absolute atomic E-state index is 6.36. The van der Waals surface area contributed by atoms with Crippen molar-refractivity contribution in [3.8, 4) is 0 Å². The van der Waals surface area contributed by atoms with Gasteiger partial charge < -0.3 is 8.85 Å². The zero-order valence-electron chi connectivity index (χ0n) is 15.2. The number of halogens is 1. The van der Waals surface area contributed by atoms with E-state index >= 15 is 0 Å². The first-order valence-electron chi connectivity index (χ1n) is 7.52. The molecule has 0 radical (unpaired) electrons. The number of rotatable bonds is 6. The second kappa shape index (κ2) is 6.82. The predicted octanol–water partition coefficient (Wildman–Crippen LogP) is 5.64. The Labute approximate surface area is 133 Å². The zero-order chi connectivity index (χ0) is 16.4. The van der Waals surface area contributed by atoms with Gasteiger partial charge in [0.25, 0.3) is 0 Å². The van der Waals surface area contributed by atoms with Crippen molar-refractivity contribution in [3.63, 3.8) is 0 Å². The van der Waals surface area contributed by atoms with Crippen molar-refractivity contribution < 1.29 is 8.85 Å². The Morgan fingerprint density at radius 1 is 0.850 bits per heavy atom. The molecule has 0 saturated heterocycles. The SMILES string of the molecule is CC(C)(C)[Si](C)(C)OC[C@H](CCl)O[Si](C)(C)C(C)(C)C.